The Balaban J connectivity index is 0.00000264. The van der Waals surface area contributed by atoms with Crippen LogP contribution in [0.15, 0.2) is 33.6 Å². The summed E-state index contributed by atoms with van der Waals surface area (Å²) >= 11 is 3.29. The molecule has 1 aliphatic rings. The van der Waals surface area contributed by atoms with E-state index in [0.29, 0.717) is 24.1 Å². The largest absolute Gasteiger partial charge is 0.480 e. The number of aliphatic carboxylic acids is 1. The molecule has 0 saturated carbocycles. The van der Waals surface area contributed by atoms with Crippen molar-refractivity contribution in [3.8, 4) is 0 Å². The van der Waals surface area contributed by atoms with Crippen LogP contribution in [0.4, 0.5) is 0 Å². The molecule has 1 heterocycles. The van der Waals surface area contributed by atoms with Gasteiger partial charge in [0, 0.05) is 17.6 Å². The molecular formula is C14H20BrClN2O4S. The topological polar surface area (TPSA) is 86.7 Å². The minimum atomic E-state index is -3.52. The average Bonchev–Trinajstić information content (AvgIpc) is 2.47. The lowest BCUT2D eigenvalue weighted by atomic mass is 10.00. The summed E-state index contributed by atoms with van der Waals surface area (Å²) in [5.74, 6) is -0.779. The average molecular weight is 428 g/mol. The van der Waals surface area contributed by atoms with Gasteiger partial charge in [-0.3, -0.25) is 4.79 Å². The highest BCUT2D eigenvalue weighted by Crippen LogP contribution is 2.28. The molecule has 1 saturated heterocycles. The number of nitrogens with zero attached hydrogens (tertiary/aromatic N) is 1. The highest BCUT2D eigenvalue weighted by molar-refractivity contribution is 9.10. The van der Waals surface area contributed by atoms with Gasteiger partial charge in [0.15, 0.2) is 0 Å². The Morgan fingerprint density at radius 2 is 2.09 bits per heavy atom. The number of nitrogens with one attached hydrogen (secondary N) is 1. The first-order valence-electron chi connectivity index (χ1n) is 7.08. The number of piperidine rings is 1. The van der Waals surface area contributed by atoms with Gasteiger partial charge in [-0.1, -0.05) is 12.1 Å². The van der Waals surface area contributed by atoms with Crippen LogP contribution < -0.4 is 5.32 Å². The zero-order chi connectivity index (χ0) is 16.2. The Morgan fingerprint density at radius 1 is 1.39 bits per heavy atom. The van der Waals surface area contributed by atoms with Crippen LogP contribution in [0.5, 0.6) is 0 Å². The van der Waals surface area contributed by atoms with Crippen LogP contribution in [-0.4, -0.2) is 50.0 Å². The van der Waals surface area contributed by atoms with Crippen molar-refractivity contribution in [3.63, 3.8) is 0 Å². The number of carbonyl (C=O) groups is 1. The fourth-order valence-electron chi connectivity index (χ4n) is 2.59. The minimum Gasteiger partial charge on any atom is -0.480 e. The molecule has 1 atom stereocenters. The molecule has 23 heavy (non-hydrogen) atoms. The van der Waals surface area contributed by atoms with Gasteiger partial charge in [0.05, 0.1) is 11.4 Å². The summed E-state index contributed by atoms with van der Waals surface area (Å²) in [5, 5.41) is 11.5. The highest BCUT2D eigenvalue weighted by Gasteiger charge is 2.31. The second-order valence-electron chi connectivity index (χ2n) is 5.33. The number of hydrogen-bond acceptors (Lipinski definition) is 4. The van der Waals surface area contributed by atoms with Crippen molar-refractivity contribution < 1.29 is 18.3 Å². The molecule has 1 fully saturated rings. The molecule has 0 radical (unpaired) electrons. The van der Waals surface area contributed by atoms with E-state index in [4.69, 9.17) is 5.11 Å². The van der Waals surface area contributed by atoms with Crippen molar-refractivity contribution in [2.45, 2.75) is 17.7 Å². The zero-order valence-electron chi connectivity index (χ0n) is 12.4. The second-order valence-corrected chi connectivity index (χ2v) is 8.09. The first-order chi connectivity index (χ1) is 10.4. The van der Waals surface area contributed by atoms with Crippen molar-refractivity contribution in [1.29, 1.82) is 0 Å². The van der Waals surface area contributed by atoms with Gasteiger partial charge >= 0.3 is 5.97 Å². The fourth-order valence-corrected chi connectivity index (χ4v) is 5.11. The minimum absolute atomic E-state index is 0. The molecule has 0 spiro atoms. The van der Waals surface area contributed by atoms with Gasteiger partial charge in [0.2, 0.25) is 10.0 Å². The molecule has 6 nitrogen and oxygen atoms in total. The Kier molecular flexibility index (Phi) is 7.96. The SMILES string of the molecule is Cl.O=C(O)CNCC1CCCN(S(=O)(=O)c2ccccc2Br)C1. The molecule has 1 aliphatic heterocycles. The second kappa shape index (κ2) is 8.98. The van der Waals surface area contributed by atoms with Crippen molar-refractivity contribution in [2.24, 2.45) is 5.92 Å². The van der Waals surface area contributed by atoms with Crippen molar-refractivity contribution >= 4 is 44.3 Å². The number of sulfonamides is 1. The summed E-state index contributed by atoms with van der Waals surface area (Å²) in [6.45, 7) is 1.32. The van der Waals surface area contributed by atoms with E-state index < -0.39 is 16.0 Å². The monoisotopic (exact) mass is 426 g/mol. The van der Waals surface area contributed by atoms with Crippen molar-refractivity contribution in [1.82, 2.24) is 9.62 Å². The molecule has 2 rings (SSSR count). The maximum Gasteiger partial charge on any atom is 0.317 e. The molecule has 2 N–H and O–H groups in total. The van der Waals surface area contributed by atoms with E-state index in [9.17, 15) is 13.2 Å². The Labute approximate surface area is 150 Å². The lowest BCUT2D eigenvalue weighted by molar-refractivity contribution is -0.136. The number of carboxylic acid groups (broad SMARTS) is 1. The zero-order valence-corrected chi connectivity index (χ0v) is 15.7. The summed E-state index contributed by atoms with van der Waals surface area (Å²) in [7, 11) is -3.52. The van der Waals surface area contributed by atoms with Crippen molar-refractivity contribution in [3.05, 3.63) is 28.7 Å². The van der Waals surface area contributed by atoms with Crippen LogP contribution in [0.25, 0.3) is 0 Å². The summed E-state index contributed by atoms with van der Waals surface area (Å²) in [4.78, 5) is 10.8. The number of rotatable bonds is 6. The van der Waals surface area contributed by atoms with Crippen LogP contribution in [0, 0.1) is 5.92 Å². The third-order valence-electron chi connectivity index (χ3n) is 3.65. The van der Waals surface area contributed by atoms with Gasteiger partial charge in [-0.05, 0) is 53.4 Å². The molecule has 1 aromatic carbocycles. The molecule has 1 aromatic rings. The standard InChI is InChI=1S/C14H19BrN2O4S.ClH/c15-12-5-1-2-6-13(12)22(20,21)17-7-3-4-11(10-17)8-16-9-14(18)19;/h1-2,5-6,11,16H,3-4,7-10H2,(H,18,19);1H. The van der Waals surface area contributed by atoms with Gasteiger partial charge < -0.3 is 10.4 Å². The smallest absolute Gasteiger partial charge is 0.317 e. The van der Waals surface area contributed by atoms with Crippen LogP contribution in [0.2, 0.25) is 0 Å². The summed E-state index contributed by atoms with van der Waals surface area (Å²) < 4.78 is 27.5. The molecular weight excluding hydrogens is 408 g/mol. The quantitative estimate of drug-likeness (QED) is 0.724. The lowest BCUT2D eigenvalue weighted by Crippen LogP contribution is -2.43. The summed E-state index contributed by atoms with van der Waals surface area (Å²) in [6.07, 6.45) is 1.68. The van der Waals surface area contributed by atoms with E-state index in [1.807, 2.05) is 0 Å². The number of benzene rings is 1. The molecule has 0 bridgehead atoms. The van der Waals surface area contributed by atoms with E-state index in [1.54, 1.807) is 24.3 Å². The summed E-state index contributed by atoms with van der Waals surface area (Å²) in [5.41, 5.74) is 0. The van der Waals surface area contributed by atoms with Gasteiger partial charge in [-0.2, -0.15) is 4.31 Å². The molecule has 1 unspecified atom stereocenters. The Bertz CT molecular complexity index is 641. The van der Waals surface area contributed by atoms with Crippen LogP contribution in [0.1, 0.15) is 12.8 Å². The predicted molar refractivity (Wildman–Crippen MR) is 93.4 cm³/mol. The van der Waals surface area contributed by atoms with Crippen LogP contribution in [0.3, 0.4) is 0 Å². The lowest BCUT2D eigenvalue weighted by Gasteiger charge is -2.32. The van der Waals surface area contributed by atoms with E-state index in [1.165, 1.54) is 4.31 Å². The third kappa shape index (κ3) is 5.42. The van der Waals surface area contributed by atoms with Crippen LogP contribution >= 0.6 is 28.3 Å². The van der Waals surface area contributed by atoms with Gasteiger partial charge in [0.1, 0.15) is 0 Å². The van der Waals surface area contributed by atoms with Gasteiger partial charge in [0.25, 0.3) is 0 Å². The number of halogens is 2. The fraction of sp³-hybridized carbons (Fsp3) is 0.500. The Hall–Kier alpha value is -0.670. The molecule has 9 heteroatoms. The van der Waals surface area contributed by atoms with E-state index in [2.05, 4.69) is 21.2 Å². The maximum atomic E-state index is 12.7. The molecule has 0 aliphatic carbocycles. The Morgan fingerprint density at radius 3 is 2.74 bits per heavy atom. The van der Waals surface area contributed by atoms with Gasteiger partial charge in [-0.25, -0.2) is 8.42 Å². The van der Waals surface area contributed by atoms with Crippen LogP contribution in [-0.2, 0) is 14.8 Å². The number of carboxylic acids is 1. The molecule has 0 amide bonds. The predicted octanol–water partition coefficient (Wildman–Crippen LogP) is 1.95. The van der Waals surface area contributed by atoms with E-state index in [-0.39, 0.29) is 29.8 Å². The first-order valence-corrected chi connectivity index (χ1v) is 9.32. The molecule has 130 valence electrons. The van der Waals surface area contributed by atoms with Crippen molar-refractivity contribution in [2.75, 3.05) is 26.2 Å². The van der Waals surface area contributed by atoms with Gasteiger partial charge in [-0.15, -0.1) is 12.4 Å². The number of hydrogen-bond donors (Lipinski definition) is 2. The van der Waals surface area contributed by atoms with E-state index >= 15 is 0 Å². The summed E-state index contributed by atoms with van der Waals surface area (Å²) in [6, 6.07) is 6.78. The van der Waals surface area contributed by atoms with E-state index in [0.717, 1.165) is 12.8 Å². The maximum absolute atomic E-state index is 12.7. The highest BCUT2D eigenvalue weighted by atomic mass is 79.9. The normalized spacial score (nSPS) is 19.1. The third-order valence-corrected chi connectivity index (χ3v) is 6.52. The molecule has 0 aromatic heterocycles. The first kappa shape index (κ1) is 20.4.